The normalized spacial score (nSPS) is 10.6. The fraction of sp³-hybridized carbons (Fsp3) is 0.160. The SMILES string of the molecule is C=CCN(CC=C)c1ccc2c(=O)c3ccc(N(CC=C)CC=C)cc3[se]c2c1. The summed E-state index contributed by atoms with van der Waals surface area (Å²) >= 11 is 0.0622. The average Bonchev–Trinajstić information content (AvgIpc) is 2.73. The Kier molecular flexibility index (Phi) is 6.92. The molecule has 3 rings (SSSR count). The van der Waals surface area contributed by atoms with Crippen LogP contribution in [0.2, 0.25) is 0 Å². The van der Waals surface area contributed by atoms with Crippen molar-refractivity contribution in [3.63, 3.8) is 0 Å². The second-order valence-electron chi connectivity index (χ2n) is 6.76. The number of nitrogens with zero attached hydrogens (tertiary/aromatic N) is 2. The van der Waals surface area contributed by atoms with E-state index in [1.54, 1.807) is 0 Å². The number of benzene rings is 2. The van der Waals surface area contributed by atoms with E-state index in [-0.39, 0.29) is 19.9 Å². The molecule has 148 valence electrons. The molecular weight excluding hydrogens is 423 g/mol. The van der Waals surface area contributed by atoms with E-state index in [0.717, 1.165) is 56.8 Å². The Bertz CT molecular complexity index is 1020. The molecule has 0 saturated heterocycles. The molecule has 1 heterocycles. The predicted molar refractivity (Wildman–Crippen MR) is 130 cm³/mol. The third-order valence-electron chi connectivity index (χ3n) is 4.77. The van der Waals surface area contributed by atoms with E-state index in [2.05, 4.69) is 48.2 Å². The Hall–Kier alpha value is -2.81. The van der Waals surface area contributed by atoms with Crippen LogP contribution < -0.4 is 15.2 Å². The van der Waals surface area contributed by atoms with Gasteiger partial charge in [0, 0.05) is 0 Å². The molecule has 0 N–H and O–H groups in total. The van der Waals surface area contributed by atoms with Crippen molar-refractivity contribution < 1.29 is 0 Å². The summed E-state index contributed by atoms with van der Waals surface area (Å²) in [6, 6.07) is 12.3. The summed E-state index contributed by atoms with van der Waals surface area (Å²) in [7, 11) is 0. The molecule has 0 radical (unpaired) electrons. The van der Waals surface area contributed by atoms with Crippen molar-refractivity contribution in [1.82, 2.24) is 0 Å². The van der Waals surface area contributed by atoms with Crippen LogP contribution in [-0.4, -0.2) is 40.7 Å². The van der Waals surface area contributed by atoms with Crippen molar-refractivity contribution in [1.29, 1.82) is 0 Å². The summed E-state index contributed by atoms with van der Waals surface area (Å²) in [5, 5.41) is 1.64. The van der Waals surface area contributed by atoms with Gasteiger partial charge in [-0.15, -0.1) is 0 Å². The number of fused-ring (bicyclic) bond motifs is 2. The monoisotopic (exact) mass is 450 g/mol. The summed E-state index contributed by atoms with van der Waals surface area (Å²) in [6.07, 6.45) is 7.53. The van der Waals surface area contributed by atoms with Gasteiger partial charge in [0.2, 0.25) is 0 Å². The topological polar surface area (TPSA) is 23.6 Å². The van der Waals surface area contributed by atoms with Crippen molar-refractivity contribution in [2.24, 2.45) is 0 Å². The summed E-state index contributed by atoms with van der Waals surface area (Å²) < 4.78 is 2.25. The minimum absolute atomic E-state index is 0.0622. The van der Waals surface area contributed by atoms with Crippen LogP contribution in [0.15, 0.2) is 91.8 Å². The number of rotatable bonds is 10. The first-order valence-corrected chi connectivity index (χ1v) is 11.3. The van der Waals surface area contributed by atoms with E-state index in [0.29, 0.717) is 0 Å². The van der Waals surface area contributed by atoms with E-state index < -0.39 is 0 Å². The van der Waals surface area contributed by atoms with Gasteiger partial charge in [-0.2, -0.15) is 0 Å². The molecule has 0 amide bonds. The molecule has 0 atom stereocenters. The molecule has 4 heteroatoms. The van der Waals surface area contributed by atoms with Crippen LogP contribution in [0.25, 0.3) is 19.3 Å². The van der Waals surface area contributed by atoms with Crippen molar-refractivity contribution in [2.75, 3.05) is 36.0 Å². The van der Waals surface area contributed by atoms with Crippen LogP contribution in [0.1, 0.15) is 0 Å². The second kappa shape index (κ2) is 9.60. The molecule has 1 aromatic heterocycles. The van der Waals surface area contributed by atoms with Gasteiger partial charge in [0.25, 0.3) is 0 Å². The van der Waals surface area contributed by atoms with Gasteiger partial charge < -0.3 is 0 Å². The zero-order valence-electron chi connectivity index (χ0n) is 16.6. The molecular formula is C25H26N2OSe. The van der Waals surface area contributed by atoms with Gasteiger partial charge in [-0.3, -0.25) is 0 Å². The number of anilines is 2. The van der Waals surface area contributed by atoms with Gasteiger partial charge >= 0.3 is 178 Å². The van der Waals surface area contributed by atoms with Gasteiger partial charge in [0.1, 0.15) is 0 Å². The van der Waals surface area contributed by atoms with Crippen LogP contribution in [0.3, 0.4) is 0 Å². The summed E-state index contributed by atoms with van der Waals surface area (Å²) in [4.78, 5) is 17.5. The molecule has 3 aromatic rings. The molecule has 2 aromatic carbocycles. The van der Waals surface area contributed by atoms with E-state index in [9.17, 15) is 4.79 Å². The molecule has 0 fully saturated rings. The van der Waals surface area contributed by atoms with E-state index in [1.807, 2.05) is 48.6 Å². The minimum atomic E-state index is 0.0622. The van der Waals surface area contributed by atoms with Crippen LogP contribution >= 0.6 is 0 Å². The van der Waals surface area contributed by atoms with E-state index in [4.69, 9.17) is 0 Å². The number of hydrogen-bond acceptors (Lipinski definition) is 3. The Balaban J connectivity index is 2.14. The van der Waals surface area contributed by atoms with Gasteiger partial charge in [0.05, 0.1) is 0 Å². The van der Waals surface area contributed by atoms with Crippen LogP contribution in [-0.2, 0) is 0 Å². The zero-order chi connectivity index (χ0) is 20.8. The van der Waals surface area contributed by atoms with Crippen LogP contribution in [0.5, 0.6) is 0 Å². The van der Waals surface area contributed by atoms with E-state index >= 15 is 0 Å². The molecule has 0 aliphatic rings. The van der Waals surface area contributed by atoms with Gasteiger partial charge in [-0.25, -0.2) is 0 Å². The Morgan fingerprint density at radius 1 is 0.690 bits per heavy atom. The van der Waals surface area contributed by atoms with Crippen molar-refractivity contribution >= 4 is 45.2 Å². The average molecular weight is 449 g/mol. The van der Waals surface area contributed by atoms with E-state index in [1.165, 1.54) is 0 Å². The third kappa shape index (κ3) is 4.45. The molecule has 29 heavy (non-hydrogen) atoms. The molecule has 0 bridgehead atoms. The quantitative estimate of drug-likeness (QED) is 0.253. The molecule has 0 unspecified atom stereocenters. The van der Waals surface area contributed by atoms with Crippen molar-refractivity contribution in [3.05, 3.63) is 97.2 Å². The van der Waals surface area contributed by atoms with Crippen LogP contribution in [0, 0.1) is 0 Å². The molecule has 0 saturated carbocycles. The fourth-order valence-corrected chi connectivity index (χ4v) is 5.80. The summed E-state index contributed by atoms with van der Waals surface area (Å²) in [6.45, 7) is 18.4. The maximum atomic E-state index is 13.1. The van der Waals surface area contributed by atoms with Crippen molar-refractivity contribution in [2.45, 2.75) is 0 Å². The van der Waals surface area contributed by atoms with Gasteiger partial charge in [-0.05, 0) is 0 Å². The first kappa shape index (κ1) is 20.9. The first-order chi connectivity index (χ1) is 14.1. The molecule has 0 aliphatic carbocycles. The first-order valence-electron chi connectivity index (χ1n) is 9.57. The Morgan fingerprint density at radius 2 is 1.07 bits per heavy atom. The number of hydrogen-bond donors (Lipinski definition) is 0. The standard InChI is InChI=1S/C25H26N2OSe/c1-5-13-26(14-6-2)19-9-11-21-23(17-19)29-24-18-20(10-12-22(24)25(21)28)27(15-7-3)16-8-4/h5-12,17-18H,1-4,13-16H2. The molecule has 3 nitrogen and oxygen atoms in total. The Labute approximate surface area is 178 Å². The summed E-state index contributed by atoms with van der Waals surface area (Å²) in [5.41, 5.74) is 2.30. The maximum absolute atomic E-state index is 13.1. The molecule has 0 aliphatic heterocycles. The van der Waals surface area contributed by atoms with Gasteiger partial charge in [0.15, 0.2) is 0 Å². The zero-order valence-corrected chi connectivity index (χ0v) is 18.4. The second-order valence-corrected chi connectivity index (χ2v) is 9.03. The fourth-order valence-electron chi connectivity index (χ4n) is 3.42. The van der Waals surface area contributed by atoms with Crippen molar-refractivity contribution in [3.8, 4) is 0 Å². The van der Waals surface area contributed by atoms with Crippen LogP contribution in [0.4, 0.5) is 11.4 Å². The molecule has 0 spiro atoms. The Morgan fingerprint density at radius 3 is 1.41 bits per heavy atom. The third-order valence-corrected chi connectivity index (χ3v) is 7.11. The predicted octanol–water partition coefficient (Wildman–Crippen LogP) is 4.77. The van der Waals surface area contributed by atoms with Gasteiger partial charge in [-0.1, -0.05) is 0 Å². The summed E-state index contributed by atoms with van der Waals surface area (Å²) in [5.74, 6) is 0.